The molecule has 1 aliphatic heterocycles. The number of amides is 5. The Hall–Kier alpha value is -4.16. The molecule has 0 spiro atoms. The van der Waals surface area contributed by atoms with Crippen molar-refractivity contribution in [3.05, 3.63) is 35.9 Å². The van der Waals surface area contributed by atoms with Crippen LogP contribution in [0.25, 0.3) is 0 Å². The number of benzene rings is 1. The fraction of sp³-hybridized carbons (Fsp3) is 0.692. The summed E-state index contributed by atoms with van der Waals surface area (Å²) >= 11 is 0. The normalized spacial score (nSPS) is 18.2. The zero-order chi connectivity index (χ0) is 38.4. The molecule has 290 valence electrons. The first-order valence-corrected chi connectivity index (χ1v) is 18.9. The lowest BCUT2D eigenvalue weighted by Gasteiger charge is -2.30. The minimum Gasteiger partial charge on any atom is -0.460 e. The quantitative estimate of drug-likeness (QED) is 0.180. The molecule has 52 heavy (non-hydrogen) atoms. The van der Waals surface area contributed by atoms with Gasteiger partial charge in [0.25, 0.3) is 0 Å². The maximum atomic E-state index is 13.9. The fourth-order valence-electron chi connectivity index (χ4n) is 6.55. The maximum absolute atomic E-state index is 13.9. The summed E-state index contributed by atoms with van der Waals surface area (Å²) in [5.41, 5.74) is 0.0757. The highest BCUT2D eigenvalue weighted by Crippen LogP contribution is 2.21. The summed E-state index contributed by atoms with van der Waals surface area (Å²) < 4.78 is 10.9. The molecule has 2 fully saturated rings. The van der Waals surface area contributed by atoms with Gasteiger partial charge in [-0.15, -0.1) is 0 Å². The zero-order valence-corrected chi connectivity index (χ0v) is 32.1. The number of carbonyl (C=O) groups is 6. The van der Waals surface area contributed by atoms with E-state index in [1.165, 1.54) is 4.90 Å². The molecular weight excluding hydrogens is 666 g/mol. The van der Waals surface area contributed by atoms with E-state index in [-0.39, 0.29) is 49.7 Å². The molecule has 1 aromatic rings. The lowest BCUT2D eigenvalue weighted by Crippen LogP contribution is -2.59. The van der Waals surface area contributed by atoms with Gasteiger partial charge in [0.05, 0.1) is 0 Å². The number of nitrogens with zero attached hydrogens (tertiary/aromatic N) is 1. The van der Waals surface area contributed by atoms with Crippen LogP contribution in [0.1, 0.15) is 118 Å². The fourth-order valence-corrected chi connectivity index (χ4v) is 6.55. The molecule has 1 aromatic carbocycles. The van der Waals surface area contributed by atoms with Crippen molar-refractivity contribution in [3.8, 4) is 0 Å². The van der Waals surface area contributed by atoms with Gasteiger partial charge in [-0.2, -0.15) is 0 Å². The van der Waals surface area contributed by atoms with E-state index in [4.69, 9.17) is 9.47 Å². The minimum atomic E-state index is -1.20. The summed E-state index contributed by atoms with van der Waals surface area (Å²) in [6, 6.07) is 5.35. The van der Waals surface area contributed by atoms with Crippen LogP contribution in [0.5, 0.6) is 0 Å². The molecule has 4 atom stereocenters. The number of hydrogen-bond donors (Lipinski definition) is 4. The number of ether oxygens (including phenoxy) is 2. The van der Waals surface area contributed by atoms with Crippen LogP contribution in [0, 0.1) is 11.8 Å². The Morgan fingerprint density at radius 1 is 0.808 bits per heavy atom. The van der Waals surface area contributed by atoms with E-state index in [1.807, 2.05) is 58.0 Å². The molecule has 0 aromatic heterocycles. The summed E-state index contributed by atoms with van der Waals surface area (Å²) in [7, 11) is 0. The van der Waals surface area contributed by atoms with Crippen LogP contribution in [0.4, 0.5) is 4.79 Å². The second-order valence-corrected chi connectivity index (χ2v) is 15.8. The van der Waals surface area contributed by atoms with Crippen LogP contribution in [-0.2, 0) is 40.1 Å². The van der Waals surface area contributed by atoms with Gasteiger partial charge in [-0.05, 0) is 76.7 Å². The Morgan fingerprint density at radius 2 is 1.46 bits per heavy atom. The number of carbonyl (C=O) groups excluding carboxylic acids is 6. The van der Waals surface area contributed by atoms with Crippen molar-refractivity contribution in [2.45, 2.75) is 155 Å². The first-order chi connectivity index (χ1) is 24.5. The molecule has 1 heterocycles. The number of rotatable bonds is 16. The van der Waals surface area contributed by atoms with E-state index in [9.17, 15) is 28.8 Å². The molecule has 1 saturated carbocycles. The molecule has 2 aliphatic rings. The second kappa shape index (κ2) is 20.2. The van der Waals surface area contributed by atoms with Crippen molar-refractivity contribution in [1.82, 2.24) is 26.2 Å². The summed E-state index contributed by atoms with van der Waals surface area (Å²) in [4.78, 5) is 81.8. The van der Waals surface area contributed by atoms with Gasteiger partial charge in [0.1, 0.15) is 36.4 Å². The molecule has 13 nitrogen and oxygen atoms in total. The highest BCUT2D eigenvalue weighted by atomic mass is 16.6. The standard InChI is InChI=1S/C39H61N5O8/c1-25(2)23-30(42-36(48)31-19-14-22-44(31)38(50)51-24-27-15-10-8-11-16-27)35(47)41-29(20-21-32(45)52-39(5,6)7)34(46)43-33(26(3)4)37(49)40-28-17-12-9-13-18-28/h8,10-11,15-16,25-26,28-31,33H,9,12-14,17-24H2,1-7H3,(H,40,49)(H,41,47)(H,42,48)(H,43,46)/t29-,30-,31-,33-/m0/s1. The first-order valence-electron chi connectivity index (χ1n) is 18.9. The predicted octanol–water partition coefficient (Wildman–Crippen LogP) is 4.51. The predicted molar refractivity (Wildman–Crippen MR) is 197 cm³/mol. The third-order valence-corrected chi connectivity index (χ3v) is 9.22. The van der Waals surface area contributed by atoms with E-state index in [0.717, 1.165) is 37.7 Å². The third kappa shape index (κ3) is 14.1. The van der Waals surface area contributed by atoms with Crippen molar-refractivity contribution >= 4 is 35.7 Å². The van der Waals surface area contributed by atoms with E-state index in [1.54, 1.807) is 20.8 Å². The number of nitrogens with one attached hydrogen (secondary N) is 4. The van der Waals surface area contributed by atoms with Gasteiger partial charge in [0.15, 0.2) is 0 Å². The molecule has 0 radical (unpaired) electrons. The average molecular weight is 728 g/mol. The molecule has 1 aliphatic carbocycles. The Kier molecular flexibility index (Phi) is 16.4. The molecular formula is C39H61N5O8. The van der Waals surface area contributed by atoms with Gasteiger partial charge < -0.3 is 30.7 Å². The van der Waals surface area contributed by atoms with Crippen molar-refractivity contribution in [1.29, 1.82) is 0 Å². The molecule has 0 unspecified atom stereocenters. The van der Waals surface area contributed by atoms with Crippen molar-refractivity contribution in [3.63, 3.8) is 0 Å². The van der Waals surface area contributed by atoms with Gasteiger partial charge in [-0.3, -0.25) is 28.9 Å². The van der Waals surface area contributed by atoms with Crippen LogP contribution in [-0.4, -0.2) is 82.9 Å². The first kappa shape index (κ1) is 42.3. The van der Waals surface area contributed by atoms with Gasteiger partial charge in [0, 0.05) is 19.0 Å². The van der Waals surface area contributed by atoms with Gasteiger partial charge >= 0.3 is 12.1 Å². The average Bonchev–Trinajstić information content (AvgIpc) is 3.58. The highest BCUT2D eigenvalue weighted by molar-refractivity contribution is 5.95. The van der Waals surface area contributed by atoms with Gasteiger partial charge in [-0.25, -0.2) is 4.79 Å². The molecule has 13 heteroatoms. The SMILES string of the molecule is CC(C)C[C@H](NC(=O)[C@@H]1CCCN1C(=O)OCc1ccccc1)C(=O)N[C@@H](CCC(=O)OC(C)(C)C)C(=O)N[C@H](C(=O)NC1CCCCC1)C(C)C. The smallest absolute Gasteiger partial charge is 0.410 e. The van der Waals surface area contributed by atoms with Gasteiger partial charge in [-0.1, -0.05) is 77.3 Å². The van der Waals surface area contributed by atoms with Crippen molar-refractivity contribution < 1.29 is 38.2 Å². The Balaban J connectivity index is 1.74. The number of hydrogen-bond acceptors (Lipinski definition) is 8. The van der Waals surface area contributed by atoms with Crippen LogP contribution in [0.2, 0.25) is 0 Å². The van der Waals surface area contributed by atoms with Gasteiger partial charge in [0.2, 0.25) is 23.6 Å². The summed E-state index contributed by atoms with van der Waals surface area (Å²) in [6.45, 7) is 13.1. The minimum absolute atomic E-state index is 0.0191. The summed E-state index contributed by atoms with van der Waals surface area (Å²) in [6.07, 6.45) is 5.35. The third-order valence-electron chi connectivity index (χ3n) is 9.22. The molecule has 0 bridgehead atoms. The maximum Gasteiger partial charge on any atom is 0.410 e. The van der Waals surface area contributed by atoms with Crippen LogP contribution in [0.15, 0.2) is 30.3 Å². The topological polar surface area (TPSA) is 172 Å². The van der Waals surface area contributed by atoms with E-state index < -0.39 is 59.6 Å². The van der Waals surface area contributed by atoms with Crippen LogP contribution in [0.3, 0.4) is 0 Å². The van der Waals surface area contributed by atoms with Crippen LogP contribution >= 0.6 is 0 Å². The Labute approximate surface area is 309 Å². The largest absolute Gasteiger partial charge is 0.460 e. The number of likely N-dealkylation sites (tertiary alicyclic amines) is 1. The lowest BCUT2D eigenvalue weighted by atomic mass is 9.94. The van der Waals surface area contributed by atoms with E-state index in [2.05, 4.69) is 21.3 Å². The van der Waals surface area contributed by atoms with Crippen molar-refractivity contribution in [2.75, 3.05) is 6.54 Å². The van der Waals surface area contributed by atoms with E-state index >= 15 is 0 Å². The van der Waals surface area contributed by atoms with Crippen molar-refractivity contribution in [2.24, 2.45) is 11.8 Å². The zero-order valence-electron chi connectivity index (χ0n) is 32.1. The second-order valence-electron chi connectivity index (χ2n) is 15.8. The molecule has 4 N–H and O–H groups in total. The molecule has 5 amide bonds. The molecule has 3 rings (SSSR count). The number of esters is 1. The highest BCUT2D eigenvalue weighted by Gasteiger charge is 2.38. The summed E-state index contributed by atoms with van der Waals surface area (Å²) in [5.74, 6) is -2.83. The monoisotopic (exact) mass is 727 g/mol. The Morgan fingerprint density at radius 3 is 2.08 bits per heavy atom. The van der Waals surface area contributed by atoms with Crippen LogP contribution < -0.4 is 21.3 Å². The lowest BCUT2D eigenvalue weighted by molar-refractivity contribution is -0.155. The Bertz CT molecular complexity index is 1360. The van der Waals surface area contributed by atoms with E-state index in [0.29, 0.717) is 19.4 Å². The summed E-state index contributed by atoms with van der Waals surface area (Å²) in [5, 5.41) is 11.5. The molecule has 1 saturated heterocycles.